The number of nitrogens with zero attached hydrogens (tertiary/aromatic N) is 14. The lowest BCUT2D eigenvalue weighted by Crippen LogP contribution is -2.45. The van der Waals surface area contributed by atoms with E-state index in [4.69, 9.17) is 83.8 Å². The van der Waals surface area contributed by atoms with Crippen LogP contribution in [0.4, 0.5) is 5.69 Å². The van der Waals surface area contributed by atoms with Gasteiger partial charge >= 0.3 is 0 Å². The van der Waals surface area contributed by atoms with Gasteiger partial charge in [-0.25, -0.2) is 29.9 Å². The number of nitrogens with one attached hydrogen (secondary N) is 1. The molecule has 0 bridgehead atoms. The maximum absolute atomic E-state index is 9.38. The van der Waals surface area contributed by atoms with E-state index in [0.29, 0.717) is 45.5 Å². The van der Waals surface area contributed by atoms with Crippen LogP contribution in [0.2, 0.25) is 30.1 Å². The lowest BCUT2D eigenvalue weighted by Gasteiger charge is -2.37. The van der Waals surface area contributed by atoms with Crippen molar-refractivity contribution in [2.24, 2.45) is 0 Å². The molecule has 2 unspecified atom stereocenters. The van der Waals surface area contributed by atoms with Gasteiger partial charge in [-0.1, -0.05) is 270 Å². The Morgan fingerprint density at radius 2 is 1.13 bits per heavy atom. The molecule has 128 heavy (non-hydrogen) atoms. The normalized spacial score (nSPS) is 16.2. The standard InChI is InChI=1S/C27H30Cl2N4O3.C22H17ClN2.C22H18N2.C17H13ClN4.C14H9Cl2N3S2/c1-20(2)32-11-13-33(14-12-32)22-4-6-23(7-5-22)34-16-24-17-35-27(36-24,18-31-10-9-30-19-31)25-8-3-21(28)15-26(25)29;23-21-14-8-7-13-20(21)22(25-16-15-24-17-25,18-9-3-1-4-10-18)19-11-5-2-6-12-19;1-3-7-18(8-4-1)19-11-13-21(14-12-19)22(24-16-15-23-17-24)20-9-5-2-6-10-20;18-14-3-1-2-12(8-14)17(22-7-6-19-11-22)13-4-5-15-16(9-13)21-10-20-15;15-9-1-2-10(11(16)5-9)13-7-20-14(21-13)12(6-17)19-4-3-18-8-19/h3-10,15,19,24H,1,11-14,16-18H2,2H3;1-17H;1-17,22H;1-11,17H,(H,20,21);1-5,8,13H,7H2/b;;;;14-12+/t24-,27-;;;;13-/m0...0/s1. The van der Waals surface area contributed by atoms with Gasteiger partial charge in [0.1, 0.15) is 35.8 Å². The predicted molar refractivity (Wildman–Crippen MR) is 519 cm³/mol. The first-order chi connectivity index (χ1) is 62.7. The van der Waals surface area contributed by atoms with E-state index in [9.17, 15) is 5.26 Å². The molecule has 642 valence electrons. The van der Waals surface area contributed by atoms with Gasteiger partial charge in [-0.3, -0.25) is 4.57 Å². The molecule has 18 nitrogen and oxygen atoms in total. The highest BCUT2D eigenvalue weighted by Gasteiger charge is 2.46. The van der Waals surface area contributed by atoms with Gasteiger partial charge < -0.3 is 47.3 Å². The summed E-state index contributed by atoms with van der Waals surface area (Å²) in [4.78, 5) is 33.0. The number of halogens is 6. The highest BCUT2D eigenvalue weighted by Crippen LogP contribution is 2.54. The van der Waals surface area contributed by atoms with E-state index < -0.39 is 11.3 Å². The Kier molecular flexibility index (Phi) is 29.6. The molecule has 17 aromatic rings. The van der Waals surface area contributed by atoms with Crippen LogP contribution in [-0.4, -0.2) is 114 Å². The molecule has 11 aromatic carbocycles. The summed E-state index contributed by atoms with van der Waals surface area (Å²) in [6.45, 7) is 11.2. The molecular weight excluding hydrogens is 1760 g/mol. The number of rotatable bonds is 21. The van der Waals surface area contributed by atoms with Crippen LogP contribution < -0.4 is 9.64 Å². The second kappa shape index (κ2) is 42.5. The fourth-order valence-electron chi connectivity index (χ4n) is 16.0. The van der Waals surface area contributed by atoms with Crippen molar-refractivity contribution in [2.75, 3.05) is 50.0 Å². The third-order valence-electron chi connectivity index (χ3n) is 22.2. The maximum Gasteiger partial charge on any atom is 0.215 e. The Balaban J connectivity index is 0.000000119. The molecule has 0 radical (unpaired) electrons. The van der Waals surface area contributed by atoms with Crippen molar-refractivity contribution in [2.45, 2.75) is 48.2 Å². The molecule has 9 heterocycles. The lowest BCUT2D eigenvalue weighted by atomic mass is 9.76. The minimum atomic E-state index is -1.06. The Morgan fingerprint density at radius 1 is 0.555 bits per heavy atom. The maximum atomic E-state index is 9.38. The number of benzene rings is 11. The van der Waals surface area contributed by atoms with Crippen LogP contribution in [-0.2, 0) is 27.3 Å². The summed E-state index contributed by atoms with van der Waals surface area (Å²) in [7, 11) is 0. The van der Waals surface area contributed by atoms with Crippen LogP contribution in [0, 0.1) is 11.3 Å². The number of hydrogen-bond donors (Lipinski definition) is 1. The second-order valence-electron chi connectivity index (χ2n) is 30.3. The van der Waals surface area contributed by atoms with Gasteiger partial charge in [0.25, 0.3) is 0 Å². The molecule has 20 rings (SSSR count). The first-order valence-corrected chi connectivity index (χ1v) is 45.5. The van der Waals surface area contributed by atoms with Gasteiger partial charge in [0.05, 0.1) is 83.5 Å². The molecule has 0 amide bonds. The van der Waals surface area contributed by atoms with Gasteiger partial charge in [0.15, 0.2) is 0 Å². The number of hydrogen-bond acceptors (Lipinski definition) is 14. The third-order valence-corrected chi connectivity index (χ3v) is 26.7. The summed E-state index contributed by atoms with van der Waals surface area (Å²) < 4.78 is 29.8. The number of aromatic amines is 1. The van der Waals surface area contributed by atoms with Crippen molar-refractivity contribution in [1.82, 2.24) is 62.6 Å². The van der Waals surface area contributed by atoms with Gasteiger partial charge in [0.2, 0.25) is 5.79 Å². The van der Waals surface area contributed by atoms with E-state index in [1.165, 1.54) is 27.9 Å². The number of anilines is 1. The Bertz CT molecular complexity index is 6450. The SMILES string of the molecule is C=C(C)N1CCN(c2ccc(OC[C@H]3CO[C@](Cn4ccnc4)(c4ccc(Cl)cc4Cl)O3)cc2)CC1.Clc1cccc(C(c2ccc3nc[nH]c3c2)n2ccnc2)c1.Clc1ccccc1C(c1ccccc1)(c1ccccc1)n1ccnc1.N#C/C(=C1/SC[C@@H](c2ccc(Cl)cc2Cl)S1)n1ccnc1.c1ccc(-c2ccc(C(c3ccccc3)n3ccnc3)cc2)cc1. The fraction of sp³-hybridized carbons (Fsp3) is 0.147. The average Bonchev–Trinajstić information content (AvgIpc) is 1.19. The Hall–Kier alpha value is -12.3. The largest absolute Gasteiger partial charge is 0.491 e. The zero-order chi connectivity index (χ0) is 88.2. The van der Waals surface area contributed by atoms with Crippen LogP contribution in [0.3, 0.4) is 0 Å². The minimum Gasteiger partial charge on any atom is -0.491 e. The number of aromatic nitrogens is 12. The van der Waals surface area contributed by atoms with Gasteiger partial charge in [-0.2, -0.15) is 5.26 Å². The van der Waals surface area contributed by atoms with E-state index >= 15 is 0 Å². The van der Waals surface area contributed by atoms with Crippen molar-refractivity contribution in [3.05, 3.63) is 470 Å². The molecule has 3 fully saturated rings. The van der Waals surface area contributed by atoms with Crippen LogP contribution >= 0.6 is 93.1 Å². The highest BCUT2D eigenvalue weighted by molar-refractivity contribution is 8.25. The summed E-state index contributed by atoms with van der Waals surface area (Å²) in [5.74, 6) is 0.604. The van der Waals surface area contributed by atoms with Gasteiger partial charge in [0, 0.05) is 147 Å². The number of fused-ring (bicyclic) bond motifs is 1. The number of H-pyrrole nitrogens is 1. The predicted octanol–water partition coefficient (Wildman–Crippen LogP) is 24.9. The van der Waals surface area contributed by atoms with Crippen molar-refractivity contribution < 1.29 is 14.2 Å². The smallest absolute Gasteiger partial charge is 0.215 e. The molecule has 3 saturated heterocycles. The Morgan fingerprint density at radius 3 is 1.75 bits per heavy atom. The summed E-state index contributed by atoms with van der Waals surface area (Å²) in [5.41, 5.74) is 16.6. The fourth-order valence-corrected chi connectivity index (χ4v) is 20.5. The van der Waals surface area contributed by atoms with E-state index in [-0.39, 0.29) is 23.4 Å². The van der Waals surface area contributed by atoms with Crippen LogP contribution in [0.15, 0.2) is 389 Å². The number of thioether (sulfide) groups is 2. The quantitative estimate of drug-likeness (QED) is 0.0531. The first kappa shape index (κ1) is 89.1. The monoisotopic (exact) mass is 1840 g/mol. The van der Waals surface area contributed by atoms with E-state index in [1.807, 2.05) is 152 Å². The van der Waals surface area contributed by atoms with Crippen molar-refractivity contribution in [3.8, 4) is 22.9 Å². The molecule has 6 aromatic heterocycles. The van der Waals surface area contributed by atoms with Gasteiger partial charge in [-0.05, 0) is 136 Å². The number of ether oxygens (including phenoxy) is 3. The topological polar surface area (TPSA) is 176 Å². The molecule has 0 saturated carbocycles. The van der Waals surface area contributed by atoms with Crippen molar-refractivity contribution in [1.29, 1.82) is 5.26 Å². The minimum absolute atomic E-state index is 0.0221. The van der Waals surface area contributed by atoms with Gasteiger partial charge in [-0.15, -0.1) is 23.5 Å². The molecule has 0 aliphatic carbocycles. The Labute approximate surface area is 782 Å². The molecule has 3 aliphatic rings. The van der Waals surface area contributed by atoms with Crippen molar-refractivity contribution >= 4 is 116 Å². The van der Waals surface area contributed by atoms with Crippen LogP contribution in [0.1, 0.15) is 74.3 Å². The van der Waals surface area contributed by atoms with E-state index in [0.717, 1.165) is 108 Å². The molecule has 5 atom stereocenters. The zero-order valence-corrected chi connectivity index (χ0v) is 75.6. The summed E-state index contributed by atoms with van der Waals surface area (Å²) in [5, 5.41) is 13.4. The number of allylic oxidation sites excluding steroid dienone is 2. The zero-order valence-electron chi connectivity index (χ0n) is 69.5. The molecule has 3 aliphatic heterocycles. The molecule has 0 spiro atoms. The first-order valence-electron chi connectivity index (χ1n) is 41.3. The lowest BCUT2D eigenvalue weighted by molar-refractivity contribution is -0.189. The van der Waals surface area contributed by atoms with Crippen LogP contribution in [0.5, 0.6) is 5.75 Å². The van der Waals surface area contributed by atoms with Crippen LogP contribution in [0.25, 0.3) is 27.9 Å². The number of piperazine rings is 1. The van der Waals surface area contributed by atoms with Crippen molar-refractivity contribution in [3.63, 3.8) is 0 Å². The summed E-state index contributed by atoms with van der Waals surface area (Å²) in [6.07, 6.45) is 28.7. The second-order valence-corrected chi connectivity index (χ2v) is 35.4. The molecule has 1 N–H and O–H groups in total. The highest BCUT2D eigenvalue weighted by atomic mass is 35.5. The molecule has 26 heteroatoms. The van der Waals surface area contributed by atoms with E-state index in [1.54, 1.807) is 96.3 Å². The number of nitriles is 1. The summed E-state index contributed by atoms with van der Waals surface area (Å²) >= 11 is 41.1. The average molecular weight is 1850 g/mol. The third kappa shape index (κ3) is 21.2. The summed E-state index contributed by atoms with van der Waals surface area (Å²) in [6, 6.07) is 94.3. The van der Waals surface area contributed by atoms with E-state index in [2.05, 4.69) is 236 Å². The molecular formula is C102H87Cl6N15O3S2. The number of imidazole rings is 6.